The lowest BCUT2D eigenvalue weighted by molar-refractivity contribution is 0.311. The number of rotatable bonds is 3. The number of aromatic nitrogens is 2. The van der Waals surface area contributed by atoms with Crippen molar-refractivity contribution in [3.63, 3.8) is 0 Å². The van der Waals surface area contributed by atoms with Crippen LogP contribution >= 0.6 is 0 Å². The third-order valence-corrected chi connectivity index (χ3v) is 6.09. The molecule has 1 fully saturated rings. The lowest BCUT2D eigenvalue weighted by Gasteiger charge is -2.31. The van der Waals surface area contributed by atoms with Crippen LogP contribution in [0.3, 0.4) is 0 Å². The average molecular weight is 330 g/mol. The Balaban J connectivity index is 1.90. The first-order valence-corrected chi connectivity index (χ1v) is 8.95. The maximum absolute atomic E-state index is 12.9. The van der Waals surface area contributed by atoms with Gasteiger partial charge in [0.15, 0.2) is 0 Å². The summed E-state index contributed by atoms with van der Waals surface area (Å²) in [6.45, 7) is 0.880. The van der Waals surface area contributed by atoms with Crippen LogP contribution in [0.25, 0.3) is 0 Å². The predicted octanol–water partition coefficient (Wildman–Crippen LogP) is 1.86. The molecule has 6 nitrogen and oxygen atoms in total. The van der Waals surface area contributed by atoms with Gasteiger partial charge in [-0.05, 0) is 31.0 Å². The minimum Gasteiger partial charge on any atom is -0.276 e. The zero-order valence-electron chi connectivity index (χ0n) is 12.9. The third-order valence-electron chi connectivity index (χ3n) is 4.16. The number of nitriles is 1. The van der Waals surface area contributed by atoms with E-state index in [2.05, 4.69) is 5.10 Å². The fourth-order valence-corrected chi connectivity index (χ4v) is 4.64. The Hall–Kier alpha value is -2.17. The SMILES string of the molecule is Cn1ccc(C2CCCN(S(=O)(=O)c3ccccc3C#N)C2)n1. The molecule has 2 heterocycles. The standard InChI is InChI=1S/C16H18N4O2S/c1-19-10-8-15(18-19)14-6-4-9-20(12-14)23(21,22)16-7-3-2-5-13(16)11-17/h2-3,5,7-8,10,14H,4,6,9,12H2,1H3. The zero-order valence-corrected chi connectivity index (χ0v) is 13.7. The first-order chi connectivity index (χ1) is 11.0. The zero-order chi connectivity index (χ0) is 16.4. The number of aryl methyl sites for hydroxylation is 1. The van der Waals surface area contributed by atoms with Crippen LogP contribution in [-0.4, -0.2) is 35.6 Å². The summed E-state index contributed by atoms with van der Waals surface area (Å²) in [6, 6.07) is 10.3. The van der Waals surface area contributed by atoms with Crippen LogP contribution in [0.4, 0.5) is 0 Å². The second-order valence-electron chi connectivity index (χ2n) is 5.72. The van der Waals surface area contributed by atoms with E-state index in [0.717, 1.165) is 18.5 Å². The summed E-state index contributed by atoms with van der Waals surface area (Å²) in [5.41, 5.74) is 1.11. The van der Waals surface area contributed by atoms with E-state index in [-0.39, 0.29) is 16.4 Å². The fraction of sp³-hybridized carbons (Fsp3) is 0.375. The highest BCUT2D eigenvalue weighted by Gasteiger charge is 2.32. The first-order valence-electron chi connectivity index (χ1n) is 7.51. The number of sulfonamides is 1. The van der Waals surface area contributed by atoms with Gasteiger partial charge in [-0.15, -0.1) is 0 Å². The van der Waals surface area contributed by atoms with E-state index in [0.29, 0.717) is 13.1 Å². The van der Waals surface area contributed by atoms with E-state index in [1.807, 2.05) is 25.4 Å². The van der Waals surface area contributed by atoms with Gasteiger partial charge in [-0.3, -0.25) is 4.68 Å². The summed E-state index contributed by atoms with van der Waals surface area (Å²) in [4.78, 5) is 0.0872. The van der Waals surface area contributed by atoms with Gasteiger partial charge in [-0.2, -0.15) is 14.7 Å². The first kappa shape index (κ1) is 15.7. The molecule has 1 aliphatic rings. The summed E-state index contributed by atoms with van der Waals surface area (Å²) < 4.78 is 29.0. The maximum Gasteiger partial charge on any atom is 0.244 e. The fourth-order valence-electron chi connectivity index (χ4n) is 2.98. The van der Waals surface area contributed by atoms with Crippen LogP contribution in [-0.2, 0) is 17.1 Å². The molecule has 0 bridgehead atoms. The minimum absolute atomic E-state index is 0.0872. The number of hydrogen-bond acceptors (Lipinski definition) is 4. The molecule has 1 unspecified atom stereocenters. The highest BCUT2D eigenvalue weighted by Crippen LogP contribution is 2.30. The van der Waals surface area contributed by atoms with Crippen LogP contribution in [0, 0.1) is 11.3 Å². The van der Waals surface area contributed by atoms with Crippen molar-refractivity contribution < 1.29 is 8.42 Å². The van der Waals surface area contributed by atoms with Crippen molar-refractivity contribution in [2.24, 2.45) is 7.05 Å². The Morgan fingerprint density at radius 2 is 2.09 bits per heavy atom. The Bertz CT molecular complexity index is 851. The quantitative estimate of drug-likeness (QED) is 0.860. The highest BCUT2D eigenvalue weighted by molar-refractivity contribution is 7.89. The van der Waals surface area contributed by atoms with E-state index in [1.54, 1.807) is 16.8 Å². The van der Waals surface area contributed by atoms with Gasteiger partial charge in [0.05, 0.1) is 16.2 Å². The number of piperidine rings is 1. The molecule has 0 spiro atoms. The summed E-state index contributed by atoms with van der Waals surface area (Å²) in [6.07, 6.45) is 3.58. The van der Waals surface area contributed by atoms with Gasteiger partial charge in [0, 0.05) is 32.3 Å². The van der Waals surface area contributed by atoms with Crippen LogP contribution in [0.5, 0.6) is 0 Å². The molecule has 0 N–H and O–H groups in total. The molecule has 120 valence electrons. The molecule has 1 aromatic carbocycles. The molecule has 1 aromatic heterocycles. The van der Waals surface area contributed by atoms with Gasteiger partial charge in [0.2, 0.25) is 10.0 Å². The third kappa shape index (κ3) is 3.00. The average Bonchev–Trinajstić information content (AvgIpc) is 3.01. The van der Waals surface area contributed by atoms with Crippen molar-refractivity contribution >= 4 is 10.0 Å². The van der Waals surface area contributed by atoms with E-state index in [4.69, 9.17) is 5.26 Å². The normalized spacial score (nSPS) is 19.4. The molecule has 0 aliphatic carbocycles. The van der Waals surface area contributed by atoms with Gasteiger partial charge < -0.3 is 0 Å². The molecule has 7 heteroatoms. The van der Waals surface area contributed by atoms with Gasteiger partial charge in [-0.1, -0.05) is 12.1 Å². The van der Waals surface area contributed by atoms with Crippen LogP contribution < -0.4 is 0 Å². The van der Waals surface area contributed by atoms with E-state index >= 15 is 0 Å². The van der Waals surface area contributed by atoms with Crippen LogP contribution in [0.15, 0.2) is 41.4 Å². The van der Waals surface area contributed by atoms with Crippen molar-refractivity contribution in [1.82, 2.24) is 14.1 Å². The summed E-state index contributed by atoms with van der Waals surface area (Å²) in [7, 11) is -1.81. The largest absolute Gasteiger partial charge is 0.276 e. The molecule has 1 aliphatic heterocycles. The highest BCUT2D eigenvalue weighted by atomic mass is 32.2. The Morgan fingerprint density at radius 3 is 2.78 bits per heavy atom. The molecule has 1 atom stereocenters. The lowest BCUT2D eigenvalue weighted by atomic mass is 9.96. The molecule has 0 amide bonds. The van der Waals surface area contributed by atoms with Crippen molar-refractivity contribution in [2.45, 2.75) is 23.7 Å². The predicted molar refractivity (Wildman–Crippen MR) is 85.1 cm³/mol. The molecule has 0 radical (unpaired) electrons. The van der Waals surface area contributed by atoms with Gasteiger partial charge in [0.1, 0.15) is 6.07 Å². The monoisotopic (exact) mass is 330 g/mol. The second kappa shape index (κ2) is 6.14. The minimum atomic E-state index is -3.66. The molecule has 2 aromatic rings. The molecule has 1 saturated heterocycles. The molecule has 0 saturated carbocycles. The second-order valence-corrected chi connectivity index (χ2v) is 7.63. The van der Waals surface area contributed by atoms with Gasteiger partial charge in [0.25, 0.3) is 0 Å². The van der Waals surface area contributed by atoms with E-state index in [1.165, 1.54) is 16.4 Å². The molecular formula is C16H18N4O2S. The topological polar surface area (TPSA) is 79.0 Å². The lowest BCUT2D eigenvalue weighted by Crippen LogP contribution is -2.39. The Labute approximate surface area is 136 Å². The maximum atomic E-state index is 12.9. The van der Waals surface area contributed by atoms with Crippen LogP contribution in [0.1, 0.15) is 30.0 Å². The van der Waals surface area contributed by atoms with Gasteiger partial charge in [-0.25, -0.2) is 8.42 Å². The van der Waals surface area contributed by atoms with Crippen molar-refractivity contribution in [3.05, 3.63) is 47.8 Å². The van der Waals surface area contributed by atoms with E-state index < -0.39 is 10.0 Å². The van der Waals surface area contributed by atoms with E-state index in [9.17, 15) is 8.42 Å². The molecular weight excluding hydrogens is 312 g/mol. The van der Waals surface area contributed by atoms with Crippen molar-refractivity contribution in [3.8, 4) is 6.07 Å². The van der Waals surface area contributed by atoms with Gasteiger partial charge >= 0.3 is 0 Å². The number of hydrogen-bond donors (Lipinski definition) is 0. The summed E-state index contributed by atoms with van der Waals surface area (Å²) >= 11 is 0. The van der Waals surface area contributed by atoms with Crippen LogP contribution in [0.2, 0.25) is 0 Å². The summed E-state index contributed by atoms with van der Waals surface area (Å²) in [5, 5.41) is 13.6. The number of benzene rings is 1. The van der Waals surface area contributed by atoms with Crippen molar-refractivity contribution in [1.29, 1.82) is 5.26 Å². The van der Waals surface area contributed by atoms with Crippen molar-refractivity contribution in [2.75, 3.05) is 13.1 Å². The smallest absolute Gasteiger partial charge is 0.244 e. The Kier molecular flexibility index (Phi) is 4.20. The molecule has 3 rings (SSSR count). The number of nitrogens with zero attached hydrogens (tertiary/aromatic N) is 4. The molecule has 23 heavy (non-hydrogen) atoms. The summed E-state index contributed by atoms with van der Waals surface area (Å²) in [5.74, 6) is 0.0916. The Morgan fingerprint density at radius 1 is 1.30 bits per heavy atom.